The molecule has 0 spiro atoms. The van der Waals surface area contributed by atoms with Crippen molar-refractivity contribution in [1.82, 2.24) is 9.80 Å². The molecule has 0 aromatic heterocycles. The second kappa shape index (κ2) is 5.49. The Bertz CT molecular complexity index is 271. The van der Waals surface area contributed by atoms with Crippen molar-refractivity contribution in [2.24, 2.45) is 17.8 Å². The quantitative estimate of drug-likeness (QED) is 0.728. The molecule has 0 N–H and O–H groups in total. The molecule has 3 atom stereocenters. The monoisotopic (exact) mass is 238 g/mol. The number of hydrogen-bond acceptors (Lipinski definition) is 3. The molecule has 2 rings (SSSR count). The third-order valence-electron chi connectivity index (χ3n) is 4.48. The standard InChI is InChI=1S/C14H26N2O/c1-11-8-12(2)13(14(17)9-11)10-16-6-4-15(3)5-7-16/h11-13H,4-10H2,1-3H3. The Morgan fingerprint density at radius 1 is 1.18 bits per heavy atom. The van der Waals surface area contributed by atoms with E-state index in [1.165, 1.54) is 6.42 Å². The third kappa shape index (κ3) is 3.29. The highest BCUT2D eigenvalue weighted by molar-refractivity contribution is 5.82. The number of rotatable bonds is 2. The van der Waals surface area contributed by atoms with Crippen LogP contribution in [-0.4, -0.2) is 55.4 Å². The van der Waals surface area contributed by atoms with Gasteiger partial charge < -0.3 is 9.80 Å². The summed E-state index contributed by atoms with van der Waals surface area (Å²) in [6, 6.07) is 0. The summed E-state index contributed by atoms with van der Waals surface area (Å²) in [7, 11) is 2.17. The van der Waals surface area contributed by atoms with Gasteiger partial charge in [0.2, 0.25) is 0 Å². The highest BCUT2D eigenvalue weighted by Crippen LogP contribution is 2.31. The minimum atomic E-state index is 0.301. The Balaban J connectivity index is 1.87. The molecule has 0 aromatic carbocycles. The molecule has 1 aliphatic heterocycles. The van der Waals surface area contributed by atoms with Crippen molar-refractivity contribution in [2.45, 2.75) is 26.7 Å². The maximum absolute atomic E-state index is 12.1. The van der Waals surface area contributed by atoms with E-state index in [1.807, 2.05) is 0 Å². The van der Waals surface area contributed by atoms with E-state index < -0.39 is 0 Å². The lowest BCUT2D eigenvalue weighted by molar-refractivity contribution is -0.128. The minimum Gasteiger partial charge on any atom is -0.304 e. The lowest BCUT2D eigenvalue weighted by Crippen LogP contribution is -2.48. The number of Topliss-reactive ketones (excluding diaryl/α,β-unsaturated/α-hetero) is 1. The highest BCUT2D eigenvalue weighted by Gasteiger charge is 2.33. The number of hydrogen-bond donors (Lipinski definition) is 0. The maximum atomic E-state index is 12.1. The molecule has 3 heteroatoms. The molecule has 0 radical (unpaired) electrons. The van der Waals surface area contributed by atoms with E-state index in [1.54, 1.807) is 0 Å². The van der Waals surface area contributed by atoms with Gasteiger partial charge in [0, 0.05) is 45.1 Å². The summed E-state index contributed by atoms with van der Waals surface area (Å²) in [6.45, 7) is 10.0. The summed E-state index contributed by atoms with van der Waals surface area (Å²) in [5.41, 5.74) is 0. The first-order valence-corrected chi connectivity index (χ1v) is 7.00. The molecule has 1 saturated heterocycles. The SMILES string of the molecule is CC1CC(=O)C(CN2CCN(C)CC2)C(C)C1. The number of nitrogens with zero attached hydrogens (tertiary/aromatic N) is 2. The Morgan fingerprint density at radius 3 is 2.41 bits per heavy atom. The van der Waals surface area contributed by atoms with Crippen molar-refractivity contribution < 1.29 is 4.79 Å². The van der Waals surface area contributed by atoms with E-state index >= 15 is 0 Å². The van der Waals surface area contributed by atoms with Gasteiger partial charge in [0.1, 0.15) is 5.78 Å². The van der Waals surface area contributed by atoms with Crippen LogP contribution in [0.25, 0.3) is 0 Å². The van der Waals surface area contributed by atoms with E-state index in [0.717, 1.165) is 39.1 Å². The first kappa shape index (κ1) is 13.0. The predicted molar refractivity (Wildman–Crippen MR) is 70.0 cm³/mol. The fraction of sp³-hybridized carbons (Fsp3) is 0.929. The molecule has 1 aliphatic carbocycles. The molecule has 2 aliphatic rings. The zero-order valence-corrected chi connectivity index (χ0v) is 11.5. The third-order valence-corrected chi connectivity index (χ3v) is 4.48. The van der Waals surface area contributed by atoms with Crippen LogP contribution in [0.3, 0.4) is 0 Å². The topological polar surface area (TPSA) is 23.6 Å². The second-order valence-electron chi connectivity index (χ2n) is 6.20. The smallest absolute Gasteiger partial charge is 0.137 e. The van der Waals surface area contributed by atoms with Crippen LogP contribution < -0.4 is 0 Å². The van der Waals surface area contributed by atoms with Gasteiger partial charge in [-0.05, 0) is 25.3 Å². The number of carbonyl (C=O) groups excluding carboxylic acids is 1. The molecule has 3 nitrogen and oxygen atoms in total. The summed E-state index contributed by atoms with van der Waals surface area (Å²) >= 11 is 0. The normalized spacial score (nSPS) is 37.4. The van der Waals surface area contributed by atoms with Crippen molar-refractivity contribution in [3.63, 3.8) is 0 Å². The fourth-order valence-electron chi connectivity index (χ4n) is 3.28. The molecule has 17 heavy (non-hydrogen) atoms. The van der Waals surface area contributed by atoms with Gasteiger partial charge in [-0.15, -0.1) is 0 Å². The van der Waals surface area contributed by atoms with Crippen LogP contribution in [0, 0.1) is 17.8 Å². The fourth-order valence-corrected chi connectivity index (χ4v) is 3.28. The maximum Gasteiger partial charge on any atom is 0.137 e. The summed E-state index contributed by atoms with van der Waals surface area (Å²) in [5.74, 6) is 1.98. The van der Waals surface area contributed by atoms with Crippen LogP contribution in [-0.2, 0) is 4.79 Å². The van der Waals surface area contributed by atoms with Crippen LogP contribution in [0.5, 0.6) is 0 Å². The second-order valence-corrected chi connectivity index (χ2v) is 6.20. The Labute approximate surface area is 105 Å². The lowest BCUT2D eigenvalue weighted by atomic mass is 9.74. The minimum absolute atomic E-state index is 0.301. The van der Waals surface area contributed by atoms with Crippen LogP contribution in [0.4, 0.5) is 0 Å². The van der Waals surface area contributed by atoms with Crippen LogP contribution in [0.1, 0.15) is 26.7 Å². The number of ketones is 1. The van der Waals surface area contributed by atoms with E-state index in [-0.39, 0.29) is 0 Å². The Kier molecular flexibility index (Phi) is 4.21. The molecule has 2 fully saturated rings. The largest absolute Gasteiger partial charge is 0.304 e. The average molecular weight is 238 g/mol. The Morgan fingerprint density at radius 2 is 1.82 bits per heavy atom. The van der Waals surface area contributed by atoms with Crippen molar-refractivity contribution in [3.8, 4) is 0 Å². The van der Waals surface area contributed by atoms with Crippen LogP contribution >= 0.6 is 0 Å². The highest BCUT2D eigenvalue weighted by atomic mass is 16.1. The van der Waals surface area contributed by atoms with E-state index in [4.69, 9.17) is 0 Å². The molecule has 1 heterocycles. The molecule has 3 unspecified atom stereocenters. The van der Waals surface area contributed by atoms with Gasteiger partial charge in [0.05, 0.1) is 0 Å². The van der Waals surface area contributed by atoms with Gasteiger partial charge in [0.15, 0.2) is 0 Å². The van der Waals surface area contributed by atoms with Gasteiger partial charge in [-0.3, -0.25) is 4.79 Å². The predicted octanol–water partition coefficient (Wildman–Crippen LogP) is 1.49. The van der Waals surface area contributed by atoms with Gasteiger partial charge in [-0.1, -0.05) is 13.8 Å². The Hall–Kier alpha value is -0.410. The lowest BCUT2D eigenvalue weighted by Gasteiger charge is -2.38. The molecule has 1 saturated carbocycles. The van der Waals surface area contributed by atoms with E-state index in [9.17, 15) is 4.79 Å². The zero-order chi connectivity index (χ0) is 12.4. The summed E-state index contributed by atoms with van der Waals surface area (Å²) in [6.07, 6.45) is 2.03. The molecule has 0 aromatic rings. The van der Waals surface area contributed by atoms with Crippen molar-refractivity contribution >= 4 is 5.78 Å². The molecule has 0 bridgehead atoms. The summed E-state index contributed by atoms with van der Waals surface area (Å²) < 4.78 is 0. The number of likely N-dealkylation sites (N-methyl/N-ethyl adjacent to an activating group) is 1. The molecular weight excluding hydrogens is 212 g/mol. The van der Waals surface area contributed by atoms with Crippen molar-refractivity contribution in [3.05, 3.63) is 0 Å². The van der Waals surface area contributed by atoms with Crippen molar-refractivity contribution in [2.75, 3.05) is 39.8 Å². The van der Waals surface area contributed by atoms with Gasteiger partial charge in [-0.25, -0.2) is 0 Å². The average Bonchev–Trinajstić information content (AvgIpc) is 2.26. The van der Waals surface area contributed by atoms with E-state index in [2.05, 4.69) is 30.7 Å². The van der Waals surface area contributed by atoms with Gasteiger partial charge >= 0.3 is 0 Å². The van der Waals surface area contributed by atoms with Gasteiger partial charge in [0.25, 0.3) is 0 Å². The molecule has 98 valence electrons. The zero-order valence-electron chi connectivity index (χ0n) is 11.5. The summed E-state index contributed by atoms with van der Waals surface area (Å²) in [5, 5.41) is 0. The first-order valence-electron chi connectivity index (χ1n) is 7.00. The van der Waals surface area contributed by atoms with Crippen LogP contribution in [0.2, 0.25) is 0 Å². The van der Waals surface area contributed by atoms with E-state index in [0.29, 0.717) is 23.5 Å². The number of piperazine rings is 1. The molecule has 0 amide bonds. The van der Waals surface area contributed by atoms with Gasteiger partial charge in [-0.2, -0.15) is 0 Å². The number of carbonyl (C=O) groups is 1. The summed E-state index contributed by atoms with van der Waals surface area (Å²) in [4.78, 5) is 17.0. The first-order chi connectivity index (χ1) is 8.06. The molecular formula is C14H26N2O. The van der Waals surface area contributed by atoms with Crippen LogP contribution in [0.15, 0.2) is 0 Å². The van der Waals surface area contributed by atoms with Crippen molar-refractivity contribution in [1.29, 1.82) is 0 Å².